The lowest BCUT2D eigenvalue weighted by atomic mass is 9.92. The van der Waals surface area contributed by atoms with Gasteiger partial charge in [0.25, 0.3) is 0 Å². The second-order valence-electron chi connectivity index (χ2n) is 4.84. The highest BCUT2D eigenvalue weighted by atomic mass is 79.9. The summed E-state index contributed by atoms with van der Waals surface area (Å²) >= 11 is 3.25. The monoisotopic (exact) mass is 316 g/mol. The molecule has 0 atom stereocenters. The smallest absolute Gasteiger partial charge is 0.226 e. The van der Waals surface area contributed by atoms with Gasteiger partial charge in [-0.3, -0.25) is 4.79 Å². The maximum atomic E-state index is 13.2. The molecule has 0 radical (unpaired) electrons. The summed E-state index contributed by atoms with van der Waals surface area (Å²) in [6.07, 6.45) is 0. The van der Waals surface area contributed by atoms with E-state index in [-0.39, 0.29) is 11.7 Å². The van der Waals surface area contributed by atoms with Crippen LogP contribution >= 0.6 is 15.9 Å². The number of nitrogens with one attached hydrogen (secondary N) is 2. The van der Waals surface area contributed by atoms with Crippen molar-refractivity contribution in [2.24, 2.45) is 5.41 Å². The molecule has 0 fully saturated rings. The van der Waals surface area contributed by atoms with Crippen LogP contribution in [-0.2, 0) is 11.3 Å². The van der Waals surface area contributed by atoms with Gasteiger partial charge < -0.3 is 10.6 Å². The van der Waals surface area contributed by atoms with E-state index in [1.165, 1.54) is 12.1 Å². The summed E-state index contributed by atoms with van der Waals surface area (Å²) < 4.78 is 13.9. The zero-order valence-electron chi connectivity index (χ0n) is 10.8. The number of halogens is 2. The van der Waals surface area contributed by atoms with Gasteiger partial charge in [0.15, 0.2) is 0 Å². The van der Waals surface area contributed by atoms with E-state index in [1.807, 2.05) is 19.9 Å². The van der Waals surface area contributed by atoms with Gasteiger partial charge in [-0.05, 0) is 37.6 Å². The maximum absolute atomic E-state index is 13.2. The van der Waals surface area contributed by atoms with Gasteiger partial charge in [-0.15, -0.1) is 0 Å². The van der Waals surface area contributed by atoms with Crippen molar-refractivity contribution < 1.29 is 9.18 Å². The van der Waals surface area contributed by atoms with E-state index < -0.39 is 5.41 Å². The predicted octanol–water partition coefficient (Wildman–Crippen LogP) is 2.45. The SMILES string of the molecule is CNC(=O)C(C)(C)CNCc1cc(F)cc(Br)c1. The van der Waals surface area contributed by atoms with Crippen LogP contribution in [0.15, 0.2) is 22.7 Å². The maximum Gasteiger partial charge on any atom is 0.226 e. The van der Waals surface area contributed by atoms with Gasteiger partial charge in [-0.1, -0.05) is 15.9 Å². The minimum atomic E-state index is -0.487. The Kier molecular flexibility index (Phi) is 5.28. The van der Waals surface area contributed by atoms with Crippen LogP contribution in [0.2, 0.25) is 0 Å². The number of carbonyl (C=O) groups excluding carboxylic acids is 1. The summed E-state index contributed by atoms with van der Waals surface area (Å²) in [5.41, 5.74) is 0.355. The number of rotatable bonds is 5. The summed E-state index contributed by atoms with van der Waals surface area (Å²) in [4.78, 5) is 11.6. The van der Waals surface area contributed by atoms with E-state index in [4.69, 9.17) is 0 Å². The first kappa shape index (κ1) is 15.1. The molecule has 5 heteroatoms. The van der Waals surface area contributed by atoms with Gasteiger partial charge >= 0.3 is 0 Å². The molecule has 3 nitrogen and oxygen atoms in total. The Hall–Kier alpha value is -0.940. The topological polar surface area (TPSA) is 41.1 Å². The summed E-state index contributed by atoms with van der Waals surface area (Å²) in [6, 6.07) is 4.74. The van der Waals surface area contributed by atoms with Crippen molar-refractivity contribution in [1.29, 1.82) is 0 Å². The molecule has 0 bridgehead atoms. The predicted molar refractivity (Wildman–Crippen MR) is 73.7 cm³/mol. The highest BCUT2D eigenvalue weighted by Gasteiger charge is 2.25. The Labute approximate surface area is 115 Å². The summed E-state index contributed by atoms with van der Waals surface area (Å²) in [6.45, 7) is 4.78. The Morgan fingerprint density at radius 1 is 1.39 bits per heavy atom. The minimum Gasteiger partial charge on any atom is -0.359 e. The molecule has 2 N–H and O–H groups in total. The number of benzene rings is 1. The molecule has 0 aliphatic heterocycles. The second kappa shape index (κ2) is 6.29. The highest BCUT2D eigenvalue weighted by molar-refractivity contribution is 9.10. The van der Waals surface area contributed by atoms with Crippen LogP contribution in [0.4, 0.5) is 4.39 Å². The molecule has 1 amide bonds. The van der Waals surface area contributed by atoms with Gasteiger partial charge in [0.2, 0.25) is 5.91 Å². The second-order valence-corrected chi connectivity index (χ2v) is 5.76. The molecule has 1 aromatic rings. The van der Waals surface area contributed by atoms with Crippen LogP contribution in [0.3, 0.4) is 0 Å². The highest BCUT2D eigenvalue weighted by Crippen LogP contribution is 2.16. The molecule has 0 saturated heterocycles. The van der Waals surface area contributed by atoms with Crippen LogP contribution < -0.4 is 10.6 Å². The van der Waals surface area contributed by atoms with Crippen LogP contribution in [-0.4, -0.2) is 19.5 Å². The van der Waals surface area contributed by atoms with Gasteiger partial charge in [0.1, 0.15) is 5.82 Å². The Morgan fingerprint density at radius 3 is 2.61 bits per heavy atom. The largest absolute Gasteiger partial charge is 0.359 e. The molecule has 0 aromatic heterocycles. The zero-order chi connectivity index (χ0) is 13.8. The van der Waals surface area contributed by atoms with Crippen molar-refractivity contribution in [3.63, 3.8) is 0 Å². The van der Waals surface area contributed by atoms with Gasteiger partial charge in [0.05, 0.1) is 5.41 Å². The number of hydrogen-bond acceptors (Lipinski definition) is 2. The van der Waals surface area contributed by atoms with Crippen molar-refractivity contribution in [2.75, 3.05) is 13.6 Å². The average molecular weight is 317 g/mol. The normalized spacial score (nSPS) is 11.4. The van der Waals surface area contributed by atoms with Crippen LogP contribution in [0.1, 0.15) is 19.4 Å². The molecular weight excluding hydrogens is 299 g/mol. The van der Waals surface area contributed by atoms with Crippen molar-refractivity contribution in [2.45, 2.75) is 20.4 Å². The Morgan fingerprint density at radius 2 is 2.06 bits per heavy atom. The number of amides is 1. The van der Waals surface area contributed by atoms with E-state index in [1.54, 1.807) is 7.05 Å². The molecule has 0 unspecified atom stereocenters. The minimum absolute atomic E-state index is 0.0181. The van der Waals surface area contributed by atoms with Crippen LogP contribution in [0.5, 0.6) is 0 Å². The third-order valence-corrected chi connectivity index (χ3v) is 3.12. The summed E-state index contributed by atoms with van der Waals surface area (Å²) in [7, 11) is 1.62. The van der Waals surface area contributed by atoms with Crippen molar-refractivity contribution in [3.8, 4) is 0 Å². The molecule has 1 aromatic carbocycles. The number of carbonyl (C=O) groups is 1. The lowest BCUT2D eigenvalue weighted by Gasteiger charge is -2.23. The molecule has 0 heterocycles. The fourth-order valence-electron chi connectivity index (χ4n) is 1.65. The third-order valence-electron chi connectivity index (χ3n) is 2.66. The first-order valence-electron chi connectivity index (χ1n) is 5.73. The molecule has 0 aliphatic rings. The molecule has 100 valence electrons. The van der Waals surface area contributed by atoms with Crippen LogP contribution in [0.25, 0.3) is 0 Å². The van der Waals surface area contributed by atoms with Crippen LogP contribution in [0, 0.1) is 11.2 Å². The Bertz CT molecular complexity index is 415. The van der Waals surface area contributed by atoms with Crippen molar-refractivity contribution >= 4 is 21.8 Å². The molecule has 0 aliphatic carbocycles. The quantitative estimate of drug-likeness (QED) is 0.876. The average Bonchev–Trinajstić information content (AvgIpc) is 2.26. The number of hydrogen-bond donors (Lipinski definition) is 2. The summed E-state index contributed by atoms with van der Waals surface area (Å²) in [5.74, 6) is -0.290. The van der Waals surface area contributed by atoms with E-state index in [9.17, 15) is 9.18 Å². The first-order chi connectivity index (χ1) is 8.35. The van der Waals surface area contributed by atoms with Gasteiger partial charge in [0, 0.05) is 24.6 Å². The lowest BCUT2D eigenvalue weighted by Crippen LogP contribution is -2.41. The van der Waals surface area contributed by atoms with Gasteiger partial charge in [-0.2, -0.15) is 0 Å². The van der Waals surface area contributed by atoms with E-state index in [2.05, 4.69) is 26.6 Å². The zero-order valence-corrected chi connectivity index (χ0v) is 12.4. The van der Waals surface area contributed by atoms with E-state index >= 15 is 0 Å². The molecule has 1 rings (SSSR count). The molecule has 0 spiro atoms. The van der Waals surface area contributed by atoms with Crippen molar-refractivity contribution in [3.05, 3.63) is 34.1 Å². The van der Waals surface area contributed by atoms with Gasteiger partial charge in [-0.25, -0.2) is 4.39 Å². The Balaban J connectivity index is 2.53. The van der Waals surface area contributed by atoms with Crippen molar-refractivity contribution in [1.82, 2.24) is 10.6 Å². The fraction of sp³-hybridized carbons (Fsp3) is 0.462. The summed E-state index contributed by atoms with van der Waals surface area (Å²) in [5, 5.41) is 5.79. The van der Waals surface area contributed by atoms with E-state index in [0.29, 0.717) is 17.6 Å². The molecule has 18 heavy (non-hydrogen) atoms. The van der Waals surface area contributed by atoms with E-state index in [0.717, 1.165) is 5.56 Å². The standard InChI is InChI=1S/C13H18BrFN2O/c1-13(2,12(18)16-3)8-17-7-9-4-10(14)6-11(15)5-9/h4-6,17H,7-8H2,1-3H3,(H,16,18). The fourth-order valence-corrected chi connectivity index (χ4v) is 2.16. The molecular formula is C13H18BrFN2O. The molecule has 0 saturated carbocycles. The first-order valence-corrected chi connectivity index (χ1v) is 6.52. The third kappa shape index (κ3) is 4.38. The lowest BCUT2D eigenvalue weighted by molar-refractivity contribution is -0.128.